The van der Waals surface area contributed by atoms with Gasteiger partial charge in [-0.25, -0.2) is 4.39 Å². The minimum atomic E-state index is -0.232. The fourth-order valence-electron chi connectivity index (χ4n) is 2.87. The molecule has 2 rings (SSSR count). The highest BCUT2D eigenvalue weighted by molar-refractivity contribution is 5.38. The number of benzene rings is 1. The Morgan fingerprint density at radius 2 is 1.90 bits per heavy atom. The van der Waals surface area contributed by atoms with Gasteiger partial charge in [-0.1, -0.05) is 11.8 Å². The van der Waals surface area contributed by atoms with Gasteiger partial charge >= 0.3 is 0 Å². The lowest BCUT2D eigenvalue weighted by Gasteiger charge is -2.42. The molecule has 3 nitrogen and oxygen atoms in total. The molecule has 1 aliphatic heterocycles. The Balaban J connectivity index is 2.10. The highest BCUT2D eigenvalue weighted by Gasteiger charge is 2.26. The van der Waals surface area contributed by atoms with Crippen molar-refractivity contribution in [1.82, 2.24) is 9.80 Å². The first-order valence-corrected chi connectivity index (χ1v) is 7.42. The molecule has 0 spiro atoms. The van der Waals surface area contributed by atoms with Crippen LogP contribution in [0.4, 0.5) is 4.39 Å². The monoisotopic (exact) mass is 289 g/mol. The number of hydrogen-bond donors (Lipinski definition) is 1. The van der Waals surface area contributed by atoms with E-state index in [1.54, 1.807) is 6.07 Å². The summed E-state index contributed by atoms with van der Waals surface area (Å²) in [7, 11) is 2.16. The zero-order valence-electron chi connectivity index (χ0n) is 13.1. The number of piperazine rings is 1. The van der Waals surface area contributed by atoms with Crippen molar-refractivity contribution in [3.8, 4) is 11.8 Å². The van der Waals surface area contributed by atoms with Crippen LogP contribution >= 0.6 is 0 Å². The number of nitrogens with two attached hydrogens (primary N) is 1. The largest absolute Gasteiger partial charge is 0.320 e. The Hall–Kier alpha value is -1.41. The fourth-order valence-corrected chi connectivity index (χ4v) is 2.87. The van der Waals surface area contributed by atoms with Gasteiger partial charge in [0.05, 0.1) is 6.54 Å². The van der Waals surface area contributed by atoms with Gasteiger partial charge in [-0.05, 0) is 44.7 Å². The van der Waals surface area contributed by atoms with Gasteiger partial charge in [0.25, 0.3) is 0 Å². The number of halogens is 1. The molecule has 1 fully saturated rings. The summed E-state index contributed by atoms with van der Waals surface area (Å²) in [5.41, 5.74) is 7.04. The lowest BCUT2D eigenvalue weighted by atomic mass is 10.1. The second-order valence-electron chi connectivity index (χ2n) is 5.91. The molecular formula is C17H24FN3. The summed E-state index contributed by atoms with van der Waals surface area (Å²) >= 11 is 0. The SMILES string of the molecule is CC1CN(Cc2cc(F)cc(C#CCN)c2)CC(C)N1C. The van der Waals surface area contributed by atoms with E-state index in [-0.39, 0.29) is 5.82 Å². The smallest absolute Gasteiger partial charge is 0.124 e. The second kappa shape index (κ2) is 7.04. The molecule has 0 amide bonds. The van der Waals surface area contributed by atoms with Gasteiger partial charge < -0.3 is 5.73 Å². The lowest BCUT2D eigenvalue weighted by Crippen LogP contribution is -2.54. The van der Waals surface area contributed by atoms with Crippen LogP contribution in [0.25, 0.3) is 0 Å². The van der Waals surface area contributed by atoms with Gasteiger partial charge in [-0.2, -0.15) is 0 Å². The van der Waals surface area contributed by atoms with Crippen LogP contribution < -0.4 is 5.73 Å². The van der Waals surface area contributed by atoms with Gasteiger partial charge in [0.1, 0.15) is 5.82 Å². The molecule has 0 aliphatic carbocycles. The number of likely N-dealkylation sites (N-methyl/N-ethyl adjacent to an activating group) is 1. The van der Waals surface area contributed by atoms with Crippen LogP contribution in [-0.2, 0) is 6.54 Å². The molecule has 2 N–H and O–H groups in total. The molecule has 21 heavy (non-hydrogen) atoms. The average Bonchev–Trinajstić information content (AvgIpc) is 2.42. The van der Waals surface area contributed by atoms with Crippen LogP contribution in [0.5, 0.6) is 0 Å². The van der Waals surface area contributed by atoms with E-state index in [9.17, 15) is 4.39 Å². The summed E-state index contributed by atoms with van der Waals surface area (Å²) in [6.07, 6.45) is 0. The van der Waals surface area contributed by atoms with Crippen LogP contribution in [0, 0.1) is 17.7 Å². The number of hydrogen-bond acceptors (Lipinski definition) is 3. The highest BCUT2D eigenvalue weighted by Crippen LogP contribution is 2.17. The quantitative estimate of drug-likeness (QED) is 0.841. The maximum Gasteiger partial charge on any atom is 0.124 e. The Kier molecular flexibility index (Phi) is 5.35. The summed E-state index contributed by atoms with van der Waals surface area (Å²) in [6, 6.07) is 6.04. The molecule has 0 radical (unpaired) electrons. The Bertz CT molecular complexity index is 535. The van der Waals surface area contributed by atoms with Crippen molar-refractivity contribution in [2.45, 2.75) is 32.5 Å². The predicted octanol–water partition coefficient (Wildman–Crippen LogP) is 1.66. The zero-order valence-corrected chi connectivity index (χ0v) is 13.1. The fraction of sp³-hybridized carbons (Fsp3) is 0.529. The highest BCUT2D eigenvalue weighted by atomic mass is 19.1. The van der Waals surface area contributed by atoms with Crippen LogP contribution in [-0.4, -0.2) is 48.6 Å². The van der Waals surface area contributed by atoms with Crippen molar-refractivity contribution in [3.63, 3.8) is 0 Å². The van der Waals surface area contributed by atoms with E-state index >= 15 is 0 Å². The molecule has 2 atom stereocenters. The maximum atomic E-state index is 13.7. The standard InChI is InChI=1S/C17H24FN3/c1-13-10-21(11-14(2)20(13)3)12-16-7-15(5-4-6-19)8-17(18)9-16/h7-9,13-14H,6,10-12,19H2,1-3H3. The predicted molar refractivity (Wildman–Crippen MR) is 84.3 cm³/mol. The molecule has 1 aliphatic rings. The summed E-state index contributed by atoms with van der Waals surface area (Å²) in [6.45, 7) is 7.51. The summed E-state index contributed by atoms with van der Waals surface area (Å²) < 4.78 is 13.7. The van der Waals surface area contributed by atoms with Crippen LogP contribution in [0.1, 0.15) is 25.0 Å². The third-order valence-electron chi connectivity index (χ3n) is 4.13. The minimum Gasteiger partial charge on any atom is -0.320 e. The summed E-state index contributed by atoms with van der Waals surface area (Å²) in [5.74, 6) is 5.45. The summed E-state index contributed by atoms with van der Waals surface area (Å²) in [4.78, 5) is 4.77. The third kappa shape index (κ3) is 4.28. The topological polar surface area (TPSA) is 32.5 Å². The van der Waals surface area contributed by atoms with Gasteiger partial charge in [0.2, 0.25) is 0 Å². The molecule has 4 heteroatoms. The van der Waals surface area contributed by atoms with Crippen molar-refractivity contribution in [2.24, 2.45) is 5.73 Å². The van der Waals surface area contributed by atoms with Crippen LogP contribution in [0.3, 0.4) is 0 Å². The van der Waals surface area contributed by atoms with Crippen LogP contribution in [0.2, 0.25) is 0 Å². The maximum absolute atomic E-state index is 13.7. The number of rotatable bonds is 2. The third-order valence-corrected chi connectivity index (χ3v) is 4.13. The van der Waals surface area contributed by atoms with E-state index in [1.165, 1.54) is 6.07 Å². The zero-order chi connectivity index (χ0) is 15.4. The minimum absolute atomic E-state index is 0.232. The molecule has 0 saturated carbocycles. The molecule has 1 heterocycles. The van der Waals surface area contributed by atoms with E-state index in [1.807, 2.05) is 6.07 Å². The average molecular weight is 289 g/mol. The van der Waals surface area contributed by atoms with Crippen LogP contribution in [0.15, 0.2) is 18.2 Å². The molecule has 1 saturated heterocycles. The Labute approximate surface area is 126 Å². The molecule has 1 aromatic carbocycles. The Morgan fingerprint density at radius 1 is 1.24 bits per heavy atom. The lowest BCUT2D eigenvalue weighted by molar-refractivity contribution is 0.0556. The van der Waals surface area contributed by atoms with E-state index in [0.29, 0.717) is 24.2 Å². The molecule has 0 aromatic heterocycles. The van der Waals surface area contributed by atoms with Crippen molar-refractivity contribution >= 4 is 0 Å². The van der Waals surface area contributed by atoms with E-state index in [4.69, 9.17) is 5.73 Å². The van der Waals surface area contributed by atoms with Crippen molar-refractivity contribution in [3.05, 3.63) is 35.1 Å². The van der Waals surface area contributed by atoms with E-state index in [0.717, 1.165) is 25.2 Å². The molecular weight excluding hydrogens is 265 g/mol. The molecule has 2 unspecified atom stereocenters. The number of nitrogens with zero attached hydrogens (tertiary/aromatic N) is 2. The van der Waals surface area contributed by atoms with Crippen molar-refractivity contribution in [1.29, 1.82) is 0 Å². The van der Waals surface area contributed by atoms with Gasteiger partial charge in [-0.3, -0.25) is 9.80 Å². The first kappa shape index (κ1) is 16.0. The van der Waals surface area contributed by atoms with Gasteiger partial charge in [0.15, 0.2) is 0 Å². The van der Waals surface area contributed by atoms with Crippen molar-refractivity contribution in [2.75, 3.05) is 26.7 Å². The molecule has 1 aromatic rings. The van der Waals surface area contributed by atoms with Gasteiger partial charge in [0, 0.05) is 37.3 Å². The summed E-state index contributed by atoms with van der Waals surface area (Å²) in [5, 5.41) is 0. The van der Waals surface area contributed by atoms with Crippen molar-refractivity contribution < 1.29 is 4.39 Å². The molecule has 114 valence electrons. The van der Waals surface area contributed by atoms with E-state index in [2.05, 4.69) is 42.5 Å². The second-order valence-corrected chi connectivity index (χ2v) is 5.91. The normalized spacial score (nSPS) is 23.7. The Morgan fingerprint density at radius 3 is 2.52 bits per heavy atom. The van der Waals surface area contributed by atoms with E-state index < -0.39 is 0 Å². The first-order chi connectivity index (χ1) is 9.99. The molecule has 0 bridgehead atoms. The first-order valence-electron chi connectivity index (χ1n) is 7.42. The van der Waals surface area contributed by atoms with Gasteiger partial charge in [-0.15, -0.1) is 0 Å².